The lowest BCUT2D eigenvalue weighted by Crippen LogP contribution is -2.27. The molecule has 1 N–H and O–H groups in total. The third-order valence-electron chi connectivity index (χ3n) is 4.68. The smallest absolute Gasteiger partial charge is 0.200 e. The van der Waals surface area contributed by atoms with E-state index in [0.29, 0.717) is 11.7 Å². The lowest BCUT2D eigenvalue weighted by Gasteiger charge is -2.21. The van der Waals surface area contributed by atoms with Crippen LogP contribution in [0.5, 0.6) is 0 Å². The quantitative estimate of drug-likeness (QED) is 0.754. The molecule has 0 spiro atoms. The highest BCUT2D eigenvalue weighted by Crippen LogP contribution is 2.21. The molecule has 3 aromatic heterocycles. The van der Waals surface area contributed by atoms with E-state index >= 15 is 0 Å². The van der Waals surface area contributed by atoms with Gasteiger partial charge in [0, 0.05) is 33.2 Å². The van der Waals surface area contributed by atoms with E-state index in [9.17, 15) is 0 Å². The number of nitrogens with zero attached hydrogens (tertiary/aromatic N) is 8. The largest absolute Gasteiger partial charge is 0.381 e. The van der Waals surface area contributed by atoms with E-state index in [1.54, 1.807) is 0 Å². The van der Waals surface area contributed by atoms with Gasteiger partial charge in [0.1, 0.15) is 5.82 Å². The molecule has 0 aromatic carbocycles. The summed E-state index contributed by atoms with van der Waals surface area (Å²) in [5, 5.41) is 19.6. The minimum absolute atomic E-state index is 0.434. The van der Waals surface area contributed by atoms with Crippen LogP contribution in [0.3, 0.4) is 0 Å². The fourth-order valence-corrected chi connectivity index (χ4v) is 3.25. The number of hydrogen-bond acceptors (Lipinski definition) is 8. The predicted octanol–water partition coefficient (Wildman–Crippen LogP) is 1.45. The fourth-order valence-electron chi connectivity index (χ4n) is 3.25. The summed E-state index contributed by atoms with van der Waals surface area (Å²) < 4.78 is 1.48. The van der Waals surface area contributed by atoms with Crippen molar-refractivity contribution in [3.63, 3.8) is 0 Å². The fraction of sp³-hybridized carbons (Fsp3) is 0.471. The molecular weight excluding hydrogens is 330 g/mol. The Kier molecular flexibility index (Phi) is 4.51. The van der Waals surface area contributed by atoms with E-state index in [2.05, 4.69) is 41.9 Å². The van der Waals surface area contributed by atoms with E-state index in [4.69, 9.17) is 0 Å². The SMILES string of the molecule is CN(C)c1ccc(N[C@H]2CCCN(c3ccc4nnnn4n3)CC2)cn1. The first kappa shape index (κ1) is 16.5. The summed E-state index contributed by atoms with van der Waals surface area (Å²) in [7, 11) is 3.99. The zero-order chi connectivity index (χ0) is 17.9. The van der Waals surface area contributed by atoms with Crippen LogP contribution < -0.4 is 15.1 Å². The van der Waals surface area contributed by atoms with Gasteiger partial charge in [-0.3, -0.25) is 0 Å². The van der Waals surface area contributed by atoms with E-state index in [1.165, 1.54) is 4.63 Å². The molecule has 9 nitrogen and oxygen atoms in total. The van der Waals surface area contributed by atoms with E-state index in [1.807, 2.05) is 43.4 Å². The molecule has 9 heteroatoms. The molecule has 136 valence electrons. The van der Waals surface area contributed by atoms with Crippen LogP contribution in [-0.4, -0.2) is 63.5 Å². The molecule has 0 saturated carbocycles. The number of nitrogens with one attached hydrogen (secondary N) is 1. The van der Waals surface area contributed by atoms with Gasteiger partial charge < -0.3 is 15.1 Å². The molecule has 1 atom stereocenters. The summed E-state index contributed by atoms with van der Waals surface area (Å²) in [6.45, 7) is 1.93. The van der Waals surface area contributed by atoms with Crippen LogP contribution >= 0.6 is 0 Å². The van der Waals surface area contributed by atoms with Gasteiger partial charge in [-0.1, -0.05) is 0 Å². The molecule has 26 heavy (non-hydrogen) atoms. The number of aromatic nitrogens is 6. The zero-order valence-electron chi connectivity index (χ0n) is 15.1. The first-order valence-corrected chi connectivity index (χ1v) is 8.89. The molecular formula is C17H23N9. The van der Waals surface area contributed by atoms with Crippen LogP contribution in [0.15, 0.2) is 30.5 Å². The minimum Gasteiger partial charge on any atom is -0.381 e. The number of anilines is 3. The minimum atomic E-state index is 0.434. The van der Waals surface area contributed by atoms with Gasteiger partial charge in [0.15, 0.2) is 11.5 Å². The maximum Gasteiger partial charge on any atom is 0.200 e. The van der Waals surface area contributed by atoms with Crippen molar-refractivity contribution in [2.24, 2.45) is 0 Å². The van der Waals surface area contributed by atoms with E-state index < -0.39 is 0 Å². The Morgan fingerprint density at radius 1 is 1.12 bits per heavy atom. The second-order valence-corrected chi connectivity index (χ2v) is 6.78. The number of rotatable bonds is 4. The van der Waals surface area contributed by atoms with Crippen LogP contribution in [-0.2, 0) is 0 Å². The molecule has 3 aromatic rings. The molecule has 1 fully saturated rings. The number of tetrazole rings is 1. The Bertz CT molecular complexity index is 858. The van der Waals surface area contributed by atoms with Gasteiger partial charge >= 0.3 is 0 Å². The van der Waals surface area contributed by atoms with Crippen molar-refractivity contribution in [1.29, 1.82) is 0 Å². The van der Waals surface area contributed by atoms with Gasteiger partial charge in [0.05, 0.1) is 11.9 Å². The molecule has 0 unspecified atom stereocenters. The number of hydrogen-bond donors (Lipinski definition) is 1. The maximum absolute atomic E-state index is 4.51. The summed E-state index contributed by atoms with van der Waals surface area (Å²) in [4.78, 5) is 8.78. The molecule has 4 rings (SSSR count). The van der Waals surface area contributed by atoms with Crippen molar-refractivity contribution < 1.29 is 0 Å². The van der Waals surface area contributed by atoms with Crippen molar-refractivity contribution in [3.05, 3.63) is 30.5 Å². The van der Waals surface area contributed by atoms with Crippen LogP contribution in [0.2, 0.25) is 0 Å². The van der Waals surface area contributed by atoms with Gasteiger partial charge in [0.25, 0.3) is 0 Å². The Morgan fingerprint density at radius 2 is 2.04 bits per heavy atom. The first-order valence-electron chi connectivity index (χ1n) is 8.89. The molecule has 0 bridgehead atoms. The van der Waals surface area contributed by atoms with Gasteiger partial charge in [-0.2, -0.15) is 0 Å². The lowest BCUT2D eigenvalue weighted by atomic mass is 10.1. The van der Waals surface area contributed by atoms with Crippen LogP contribution in [0, 0.1) is 0 Å². The Morgan fingerprint density at radius 3 is 2.85 bits per heavy atom. The van der Waals surface area contributed by atoms with Crippen molar-refractivity contribution in [2.45, 2.75) is 25.3 Å². The number of fused-ring (bicyclic) bond motifs is 1. The molecule has 1 aliphatic heterocycles. The van der Waals surface area contributed by atoms with Crippen molar-refractivity contribution in [2.75, 3.05) is 42.3 Å². The normalized spacial score (nSPS) is 17.9. The molecule has 0 radical (unpaired) electrons. The maximum atomic E-state index is 4.51. The Labute approximate surface area is 152 Å². The molecule has 1 saturated heterocycles. The highest BCUT2D eigenvalue weighted by atomic mass is 15.6. The van der Waals surface area contributed by atoms with E-state index in [-0.39, 0.29) is 0 Å². The monoisotopic (exact) mass is 353 g/mol. The van der Waals surface area contributed by atoms with Gasteiger partial charge in [-0.05, 0) is 54.0 Å². The summed E-state index contributed by atoms with van der Waals surface area (Å²) in [6.07, 6.45) is 5.19. The summed E-state index contributed by atoms with van der Waals surface area (Å²) in [5.74, 6) is 1.88. The van der Waals surface area contributed by atoms with Crippen molar-refractivity contribution in [3.8, 4) is 0 Å². The van der Waals surface area contributed by atoms with Crippen LogP contribution in [0.1, 0.15) is 19.3 Å². The summed E-state index contributed by atoms with van der Waals surface area (Å²) in [6, 6.07) is 8.46. The highest BCUT2D eigenvalue weighted by molar-refractivity contribution is 5.49. The second-order valence-electron chi connectivity index (χ2n) is 6.78. The van der Waals surface area contributed by atoms with Gasteiger partial charge in [-0.15, -0.1) is 14.8 Å². The lowest BCUT2D eigenvalue weighted by molar-refractivity contribution is 0.639. The molecule has 1 aliphatic rings. The standard InChI is InChI=1S/C17H23N9/c1-24(2)15-6-5-14(12-18-15)19-13-4-3-10-25(11-9-13)17-8-7-16-20-22-23-26(16)21-17/h5-8,12-13,19H,3-4,9-11H2,1-2H3/t13-/m0/s1. The van der Waals surface area contributed by atoms with Crippen molar-refractivity contribution >= 4 is 23.0 Å². The van der Waals surface area contributed by atoms with Gasteiger partial charge in [-0.25, -0.2) is 4.98 Å². The zero-order valence-corrected chi connectivity index (χ0v) is 15.1. The molecule has 0 amide bonds. The van der Waals surface area contributed by atoms with Crippen LogP contribution in [0.25, 0.3) is 5.65 Å². The van der Waals surface area contributed by atoms with Gasteiger partial charge in [0.2, 0.25) is 0 Å². The second kappa shape index (κ2) is 7.11. The third kappa shape index (κ3) is 3.51. The number of pyridine rings is 1. The average Bonchev–Trinajstić information content (AvgIpc) is 3.00. The van der Waals surface area contributed by atoms with E-state index in [0.717, 1.165) is 49.7 Å². The molecule has 0 aliphatic carbocycles. The third-order valence-corrected chi connectivity index (χ3v) is 4.68. The van der Waals surface area contributed by atoms with Crippen molar-refractivity contribution in [1.82, 2.24) is 30.2 Å². The average molecular weight is 353 g/mol. The van der Waals surface area contributed by atoms with Crippen LogP contribution in [0.4, 0.5) is 17.3 Å². The predicted molar refractivity (Wildman–Crippen MR) is 101 cm³/mol. The summed E-state index contributed by atoms with van der Waals surface area (Å²) in [5.41, 5.74) is 1.74. The Hall–Kier alpha value is -2.97. The topological polar surface area (TPSA) is 87.4 Å². The molecule has 4 heterocycles. The Balaban J connectivity index is 1.39. The first-order chi connectivity index (χ1) is 12.7. The highest BCUT2D eigenvalue weighted by Gasteiger charge is 2.18. The summed E-state index contributed by atoms with van der Waals surface area (Å²) >= 11 is 0.